The van der Waals surface area contributed by atoms with Crippen molar-refractivity contribution in [2.24, 2.45) is 0 Å². The second-order valence-corrected chi connectivity index (χ2v) is 33.1. The molecule has 0 aromatic carbocycles. The van der Waals surface area contributed by atoms with Crippen molar-refractivity contribution in [1.82, 2.24) is 5.32 Å². The Labute approximate surface area is 659 Å². The highest BCUT2D eigenvalue weighted by molar-refractivity contribution is 5.76. The number of aliphatic hydroxyl groups is 8. The van der Waals surface area contributed by atoms with Gasteiger partial charge in [0.05, 0.1) is 32.0 Å². The Balaban J connectivity index is 1.56. The van der Waals surface area contributed by atoms with Crippen LogP contribution in [0.5, 0.6) is 0 Å². The minimum absolute atomic E-state index is 0.243. The van der Waals surface area contributed by atoms with E-state index in [1.165, 1.54) is 379 Å². The quantitative estimate of drug-likeness (QED) is 0.0204. The number of unbranched alkanes of at least 4 members (excludes halogenated alkanes) is 64. The molecule has 0 aromatic rings. The number of carbonyl (C=O) groups excluding carboxylic acids is 1. The molecule has 0 aromatic heterocycles. The Morgan fingerprint density at radius 3 is 0.916 bits per heavy atom. The Morgan fingerprint density at radius 1 is 0.327 bits per heavy atom. The average Bonchev–Trinajstić information content (AvgIpc) is 0.789. The van der Waals surface area contributed by atoms with E-state index in [1.54, 1.807) is 6.08 Å². The highest BCUT2D eigenvalue weighted by atomic mass is 16.7. The fourth-order valence-electron chi connectivity index (χ4n) is 15.7. The van der Waals surface area contributed by atoms with Crippen molar-refractivity contribution in [3.63, 3.8) is 0 Å². The molecule has 632 valence electrons. The van der Waals surface area contributed by atoms with Crippen molar-refractivity contribution in [1.29, 1.82) is 0 Å². The van der Waals surface area contributed by atoms with Gasteiger partial charge in [-0.05, 0) is 44.9 Å². The van der Waals surface area contributed by atoms with Gasteiger partial charge in [0.2, 0.25) is 5.91 Å². The van der Waals surface area contributed by atoms with Crippen LogP contribution >= 0.6 is 0 Å². The van der Waals surface area contributed by atoms with Gasteiger partial charge in [0.15, 0.2) is 12.6 Å². The molecule has 1 amide bonds. The summed E-state index contributed by atoms with van der Waals surface area (Å²) in [4.78, 5) is 13.4. The van der Waals surface area contributed by atoms with Gasteiger partial charge in [-0.2, -0.15) is 0 Å². The summed E-state index contributed by atoms with van der Waals surface area (Å²) < 4.78 is 22.9. The van der Waals surface area contributed by atoms with Crippen molar-refractivity contribution < 1.29 is 64.6 Å². The van der Waals surface area contributed by atoms with Crippen molar-refractivity contribution in [2.45, 2.75) is 530 Å². The van der Waals surface area contributed by atoms with Crippen molar-refractivity contribution in [2.75, 3.05) is 19.8 Å². The average molecular weight is 1520 g/mol. The van der Waals surface area contributed by atoms with E-state index in [-0.39, 0.29) is 18.9 Å². The van der Waals surface area contributed by atoms with Crippen LogP contribution in [0.15, 0.2) is 36.5 Å². The van der Waals surface area contributed by atoms with E-state index in [0.29, 0.717) is 12.8 Å². The number of hydrogen-bond acceptors (Lipinski definition) is 13. The summed E-state index contributed by atoms with van der Waals surface area (Å²) in [5, 5.41) is 87.8. The number of ether oxygens (including phenoxy) is 4. The lowest BCUT2D eigenvalue weighted by molar-refractivity contribution is -0.359. The van der Waals surface area contributed by atoms with Crippen LogP contribution in [-0.4, -0.2) is 140 Å². The van der Waals surface area contributed by atoms with Gasteiger partial charge in [-0.1, -0.05) is 442 Å². The van der Waals surface area contributed by atoms with E-state index in [4.69, 9.17) is 18.9 Å². The molecule has 2 aliphatic heterocycles. The largest absolute Gasteiger partial charge is 0.394 e. The summed E-state index contributed by atoms with van der Waals surface area (Å²) in [5.41, 5.74) is 0. The Bertz CT molecular complexity index is 1940. The van der Waals surface area contributed by atoms with Crippen LogP contribution < -0.4 is 5.32 Å². The molecule has 0 aliphatic carbocycles. The van der Waals surface area contributed by atoms with Gasteiger partial charge < -0.3 is 65.1 Å². The maximum atomic E-state index is 13.4. The van der Waals surface area contributed by atoms with Crippen LogP contribution in [0.3, 0.4) is 0 Å². The Morgan fingerprint density at radius 2 is 0.598 bits per heavy atom. The van der Waals surface area contributed by atoms with E-state index < -0.39 is 86.8 Å². The first-order valence-electron chi connectivity index (χ1n) is 46.7. The zero-order valence-corrected chi connectivity index (χ0v) is 69.9. The van der Waals surface area contributed by atoms with Crippen LogP contribution in [0, 0.1) is 0 Å². The van der Waals surface area contributed by atoms with Crippen LogP contribution in [0.1, 0.15) is 457 Å². The molecule has 107 heavy (non-hydrogen) atoms. The summed E-state index contributed by atoms with van der Waals surface area (Å²) in [5.74, 6) is -0.243. The molecule has 12 unspecified atom stereocenters. The van der Waals surface area contributed by atoms with Crippen molar-refractivity contribution in [3.05, 3.63) is 36.5 Å². The zero-order valence-electron chi connectivity index (χ0n) is 69.9. The molecule has 2 fully saturated rings. The SMILES string of the molecule is CCCCCCCCCCCCCCCCCCCCCCCCC/C=C/CC/C=C/CC/C=C/C(O)C(COC1OC(CO)C(OC2OC(CO)C(O)C(O)C2O)C(O)C1O)NC(=O)CCCCCCCCCCCCCCCCCCCCCCCCCCCCCCCCCCCCCCCCCC. The van der Waals surface area contributed by atoms with Gasteiger partial charge in [0.25, 0.3) is 0 Å². The molecule has 0 bridgehead atoms. The van der Waals surface area contributed by atoms with Crippen LogP contribution in [0.4, 0.5) is 0 Å². The maximum Gasteiger partial charge on any atom is 0.220 e. The van der Waals surface area contributed by atoms with E-state index in [0.717, 1.165) is 44.9 Å². The van der Waals surface area contributed by atoms with E-state index in [2.05, 4.69) is 43.5 Å². The number of carbonyl (C=O) groups is 1. The first-order valence-corrected chi connectivity index (χ1v) is 46.7. The number of allylic oxidation sites excluding steroid dienone is 5. The van der Waals surface area contributed by atoms with Gasteiger partial charge in [0.1, 0.15) is 48.8 Å². The molecule has 2 heterocycles. The zero-order chi connectivity index (χ0) is 77.2. The van der Waals surface area contributed by atoms with Gasteiger partial charge in [-0.25, -0.2) is 0 Å². The molecule has 14 heteroatoms. The lowest BCUT2D eigenvalue weighted by Crippen LogP contribution is -2.65. The lowest BCUT2D eigenvalue weighted by atomic mass is 9.97. The predicted molar refractivity (Wildman–Crippen MR) is 448 cm³/mol. The number of amides is 1. The summed E-state index contributed by atoms with van der Waals surface area (Å²) >= 11 is 0. The van der Waals surface area contributed by atoms with Crippen LogP contribution in [0.2, 0.25) is 0 Å². The van der Waals surface area contributed by atoms with Crippen molar-refractivity contribution in [3.8, 4) is 0 Å². The molecule has 2 aliphatic rings. The normalized spacial score (nSPS) is 21.3. The second-order valence-electron chi connectivity index (χ2n) is 33.1. The van der Waals surface area contributed by atoms with Gasteiger partial charge in [-0.3, -0.25) is 4.79 Å². The lowest BCUT2D eigenvalue weighted by Gasteiger charge is -2.46. The molecule has 9 N–H and O–H groups in total. The molecule has 2 saturated heterocycles. The van der Waals surface area contributed by atoms with E-state index in [9.17, 15) is 45.6 Å². The van der Waals surface area contributed by atoms with Gasteiger partial charge in [0, 0.05) is 6.42 Å². The summed E-state index contributed by atoms with van der Waals surface area (Å²) in [7, 11) is 0. The monoisotopic (exact) mass is 1520 g/mol. The second kappa shape index (κ2) is 76.8. The molecular weight excluding hydrogens is 1340 g/mol. The molecule has 0 spiro atoms. The summed E-state index contributed by atoms with van der Waals surface area (Å²) in [6.45, 7) is 2.86. The van der Waals surface area contributed by atoms with Gasteiger partial charge in [-0.15, -0.1) is 0 Å². The number of rotatable bonds is 81. The fraction of sp³-hybridized carbons (Fsp3) is 0.925. The minimum Gasteiger partial charge on any atom is -0.394 e. The third kappa shape index (κ3) is 58.7. The minimum atomic E-state index is -1.79. The molecular formula is C93H177NO13. The summed E-state index contributed by atoms with van der Waals surface area (Å²) in [6, 6.07) is -0.939. The Hall–Kier alpha value is -1.79. The third-order valence-electron chi connectivity index (χ3n) is 23.1. The van der Waals surface area contributed by atoms with Crippen LogP contribution in [0.25, 0.3) is 0 Å². The first kappa shape index (κ1) is 101. The maximum absolute atomic E-state index is 13.4. The molecule has 2 rings (SSSR count). The molecule has 0 saturated carbocycles. The van der Waals surface area contributed by atoms with Gasteiger partial charge >= 0.3 is 0 Å². The Kier molecular flexibility index (Phi) is 72.7. The topological polar surface area (TPSA) is 228 Å². The van der Waals surface area contributed by atoms with E-state index in [1.807, 2.05) is 6.08 Å². The van der Waals surface area contributed by atoms with Crippen LogP contribution in [-0.2, 0) is 23.7 Å². The highest BCUT2D eigenvalue weighted by Crippen LogP contribution is 2.31. The first-order chi connectivity index (χ1) is 52.6. The van der Waals surface area contributed by atoms with E-state index >= 15 is 0 Å². The molecule has 14 nitrogen and oxygen atoms in total. The fourth-order valence-corrected chi connectivity index (χ4v) is 15.7. The number of hydrogen-bond donors (Lipinski definition) is 9. The molecule has 0 radical (unpaired) electrons. The summed E-state index contributed by atoms with van der Waals surface area (Å²) in [6.07, 6.45) is 87.3. The molecule has 12 atom stereocenters. The number of nitrogens with one attached hydrogen (secondary N) is 1. The smallest absolute Gasteiger partial charge is 0.220 e. The number of aliphatic hydroxyl groups excluding tert-OH is 8. The third-order valence-corrected chi connectivity index (χ3v) is 23.1. The highest BCUT2D eigenvalue weighted by Gasteiger charge is 2.51. The standard InChI is InChI=1S/C93H177NO13/c1-3-5-7-9-11-13-15-17-19-21-23-25-27-29-31-33-35-37-38-39-40-41-42-43-45-47-49-51-53-55-57-59-61-63-65-67-69-71-73-75-77-85(98)94-81(80-104-92-90(103)88(101)91(84(79-96)106-92)107-93-89(102)87(100)86(99)83(78-95)105-93)82(97)76-74-72-70-68-66-64-62-60-58-56-54-52-50-48-46-44-36-34-32-30-28-26-24-22-20-18-16-14-12-10-8-6-4-2/h58,60,66,68,74,76,81-84,86-93,95-97,99-103H,3-57,59,61-65,67,69-73,75,77-80H2,1-2H3,(H,94,98)/b60-58+,68-66+,76-74+. The predicted octanol–water partition coefficient (Wildman–Crippen LogP) is 23.1. The van der Waals surface area contributed by atoms with Crippen molar-refractivity contribution >= 4 is 5.91 Å².